The second-order valence-corrected chi connectivity index (χ2v) is 22.5. The van der Waals surface area contributed by atoms with Crippen LogP contribution in [-0.2, 0) is 4.79 Å². The quantitative estimate of drug-likeness (QED) is 0.0420. The predicted molar refractivity (Wildman–Crippen MR) is 336 cm³/mol. The van der Waals surface area contributed by atoms with Crippen molar-refractivity contribution in [3.8, 4) is 0 Å². The molecular weight excluding hydrogens is 915 g/mol. The molecule has 0 aliphatic carbocycles. The van der Waals surface area contributed by atoms with Crippen molar-refractivity contribution in [3.63, 3.8) is 0 Å². The molecule has 0 radical (unpaired) electrons. The Labute approximate surface area is 469 Å². The Morgan fingerprint density at radius 2 is 0.600 bits per heavy atom. The lowest BCUT2D eigenvalue weighted by Crippen LogP contribution is -2.45. The Kier molecular flexibility index (Phi) is 63.7. The number of aliphatic hydroxyl groups is 2. The minimum atomic E-state index is -0.874. The zero-order chi connectivity index (χ0) is 54.1. The van der Waals surface area contributed by atoms with Crippen LogP contribution in [0, 0.1) is 0 Å². The van der Waals surface area contributed by atoms with Crippen LogP contribution < -0.4 is 5.32 Å². The van der Waals surface area contributed by atoms with Gasteiger partial charge in [-0.3, -0.25) is 4.79 Å². The van der Waals surface area contributed by atoms with Crippen LogP contribution in [0.1, 0.15) is 341 Å². The standard InChI is InChI=1S/C71H129NO3/c1-3-5-7-9-11-13-15-17-19-21-23-25-27-29-31-33-35-36-37-39-41-43-45-47-49-51-53-55-57-59-61-63-65-67-71(75)72-69(68-73)70(74)66-64-62-60-58-56-54-52-50-48-46-44-42-40-38-34-32-30-28-26-24-22-20-18-16-14-12-10-8-6-4-2/h5,7,11,13,17,19,23,25,48,50,56,58,64,66,69-70,73-74H,3-4,6,8-10,12,14-16,18,20-22,24,26-47,49,51-55,57,59-63,65,67-68H2,1-2H3,(H,72,75)/b7-5-,13-11-,19-17-,25-23-,50-48+,58-56+,66-64+. The predicted octanol–water partition coefficient (Wildman–Crippen LogP) is 22.7. The number of carbonyl (C=O) groups excluding carboxylic acids is 1. The van der Waals surface area contributed by atoms with Crippen molar-refractivity contribution in [2.45, 2.75) is 353 Å². The van der Waals surface area contributed by atoms with Crippen molar-refractivity contribution in [2.75, 3.05) is 6.61 Å². The lowest BCUT2D eigenvalue weighted by molar-refractivity contribution is -0.123. The first-order chi connectivity index (χ1) is 37.2. The largest absolute Gasteiger partial charge is 0.394 e. The average Bonchev–Trinajstić information content (AvgIpc) is 3.41. The first-order valence-electron chi connectivity index (χ1n) is 33.3. The molecule has 0 heterocycles. The SMILES string of the molecule is CC/C=C\C/C=C\C/C=C\C/C=C\CCCCCCCCCCCCCCCCCCCCCCC(=O)NC(CO)C(O)/C=C/CC/C=C/CC/C=C/CCCCCCCCCCCCCCCCCCCCCC. The number of unbranched alkanes of at least 4 members (excludes halogenated alkanes) is 42. The Balaban J connectivity index is 3.50. The molecule has 0 saturated carbocycles. The molecular formula is C71H129NO3. The maximum absolute atomic E-state index is 12.5. The third kappa shape index (κ3) is 62.3. The number of rotatable bonds is 61. The number of aliphatic hydroxyl groups excluding tert-OH is 2. The fourth-order valence-electron chi connectivity index (χ4n) is 10.1. The van der Waals surface area contributed by atoms with Crippen molar-refractivity contribution >= 4 is 5.91 Å². The minimum absolute atomic E-state index is 0.0744. The van der Waals surface area contributed by atoms with Gasteiger partial charge in [0.15, 0.2) is 0 Å². The molecule has 0 aromatic rings. The third-order valence-electron chi connectivity index (χ3n) is 15.1. The molecule has 0 spiro atoms. The van der Waals surface area contributed by atoms with Crippen LogP contribution in [0.2, 0.25) is 0 Å². The molecule has 3 N–H and O–H groups in total. The van der Waals surface area contributed by atoms with E-state index in [4.69, 9.17) is 0 Å². The fourth-order valence-corrected chi connectivity index (χ4v) is 10.1. The molecule has 0 aliphatic heterocycles. The van der Waals surface area contributed by atoms with E-state index in [1.165, 1.54) is 257 Å². The normalized spacial score (nSPS) is 13.3. The van der Waals surface area contributed by atoms with E-state index < -0.39 is 12.1 Å². The molecule has 0 fully saturated rings. The zero-order valence-electron chi connectivity index (χ0n) is 50.3. The van der Waals surface area contributed by atoms with Crippen LogP contribution >= 0.6 is 0 Å². The van der Waals surface area contributed by atoms with Gasteiger partial charge >= 0.3 is 0 Å². The molecule has 4 nitrogen and oxygen atoms in total. The van der Waals surface area contributed by atoms with Crippen LogP contribution in [0.5, 0.6) is 0 Å². The van der Waals surface area contributed by atoms with Crippen LogP contribution in [0.3, 0.4) is 0 Å². The van der Waals surface area contributed by atoms with E-state index in [2.05, 4.69) is 92.1 Å². The lowest BCUT2D eigenvalue weighted by Gasteiger charge is -2.19. The van der Waals surface area contributed by atoms with E-state index in [0.29, 0.717) is 6.42 Å². The second-order valence-electron chi connectivity index (χ2n) is 22.5. The van der Waals surface area contributed by atoms with E-state index in [9.17, 15) is 15.0 Å². The summed E-state index contributed by atoms with van der Waals surface area (Å²) < 4.78 is 0. The topological polar surface area (TPSA) is 69.6 Å². The van der Waals surface area contributed by atoms with E-state index in [0.717, 1.165) is 64.2 Å². The summed E-state index contributed by atoms with van der Waals surface area (Å²) in [6, 6.07) is -0.650. The van der Waals surface area contributed by atoms with E-state index >= 15 is 0 Å². The van der Waals surface area contributed by atoms with Gasteiger partial charge in [0, 0.05) is 6.42 Å². The van der Waals surface area contributed by atoms with Crippen LogP contribution in [0.25, 0.3) is 0 Å². The summed E-state index contributed by atoms with van der Waals surface area (Å²) in [5, 5.41) is 23.2. The number of amides is 1. The van der Waals surface area contributed by atoms with Crippen LogP contribution in [-0.4, -0.2) is 34.9 Å². The zero-order valence-corrected chi connectivity index (χ0v) is 50.3. The van der Waals surface area contributed by atoms with Gasteiger partial charge in [-0.2, -0.15) is 0 Å². The Bertz CT molecular complexity index is 1320. The molecule has 2 unspecified atom stereocenters. The number of hydrogen-bond acceptors (Lipinski definition) is 3. The molecule has 0 bridgehead atoms. The van der Waals surface area contributed by atoms with Gasteiger partial charge in [-0.1, -0.05) is 336 Å². The maximum Gasteiger partial charge on any atom is 0.220 e. The fraction of sp³-hybridized carbons (Fsp3) is 0.789. The molecule has 0 aromatic carbocycles. The molecule has 1 amide bonds. The highest BCUT2D eigenvalue weighted by atomic mass is 16.3. The Morgan fingerprint density at radius 1 is 0.333 bits per heavy atom. The van der Waals surface area contributed by atoms with Gasteiger partial charge in [-0.15, -0.1) is 0 Å². The molecule has 0 aromatic heterocycles. The summed E-state index contributed by atoms with van der Waals surface area (Å²) in [4.78, 5) is 12.5. The van der Waals surface area contributed by atoms with E-state index in [1.54, 1.807) is 6.08 Å². The van der Waals surface area contributed by atoms with Gasteiger partial charge in [0.2, 0.25) is 5.91 Å². The van der Waals surface area contributed by atoms with Crippen LogP contribution in [0.15, 0.2) is 85.1 Å². The van der Waals surface area contributed by atoms with Gasteiger partial charge in [0.25, 0.3) is 0 Å². The first-order valence-corrected chi connectivity index (χ1v) is 33.3. The summed E-state index contributed by atoms with van der Waals surface area (Å²) in [6.45, 7) is 4.21. The molecule has 2 atom stereocenters. The summed E-state index contributed by atoms with van der Waals surface area (Å²) in [5.74, 6) is -0.0744. The highest BCUT2D eigenvalue weighted by Crippen LogP contribution is 2.18. The maximum atomic E-state index is 12.5. The molecule has 4 heteroatoms. The van der Waals surface area contributed by atoms with Crippen molar-refractivity contribution in [2.24, 2.45) is 0 Å². The summed E-state index contributed by atoms with van der Waals surface area (Å²) in [6.07, 6.45) is 96.6. The monoisotopic (exact) mass is 1040 g/mol. The summed E-state index contributed by atoms with van der Waals surface area (Å²) >= 11 is 0. The molecule has 0 saturated heterocycles. The lowest BCUT2D eigenvalue weighted by atomic mass is 10.0. The molecule has 436 valence electrons. The summed E-state index contributed by atoms with van der Waals surface area (Å²) in [5.41, 5.74) is 0. The van der Waals surface area contributed by atoms with Gasteiger partial charge in [-0.05, 0) is 83.5 Å². The molecule has 0 rings (SSSR count). The first kappa shape index (κ1) is 72.6. The van der Waals surface area contributed by atoms with Crippen LogP contribution in [0.4, 0.5) is 0 Å². The van der Waals surface area contributed by atoms with Crippen molar-refractivity contribution in [1.82, 2.24) is 5.32 Å². The smallest absolute Gasteiger partial charge is 0.220 e. The number of nitrogens with one attached hydrogen (secondary N) is 1. The number of hydrogen-bond donors (Lipinski definition) is 3. The second kappa shape index (κ2) is 65.9. The summed E-state index contributed by atoms with van der Waals surface area (Å²) in [7, 11) is 0. The highest BCUT2D eigenvalue weighted by Gasteiger charge is 2.18. The van der Waals surface area contributed by atoms with Gasteiger partial charge in [-0.25, -0.2) is 0 Å². The molecule has 75 heavy (non-hydrogen) atoms. The number of carbonyl (C=O) groups is 1. The van der Waals surface area contributed by atoms with Crippen molar-refractivity contribution in [3.05, 3.63) is 85.1 Å². The van der Waals surface area contributed by atoms with Gasteiger partial charge in [0.05, 0.1) is 18.8 Å². The van der Waals surface area contributed by atoms with E-state index in [1.807, 2.05) is 6.08 Å². The number of allylic oxidation sites excluding steroid dienone is 13. The highest BCUT2D eigenvalue weighted by molar-refractivity contribution is 5.76. The molecule has 0 aliphatic rings. The Morgan fingerprint density at radius 3 is 0.933 bits per heavy atom. The Hall–Kier alpha value is -2.43. The van der Waals surface area contributed by atoms with E-state index in [-0.39, 0.29) is 12.5 Å². The average molecular weight is 1040 g/mol. The van der Waals surface area contributed by atoms with Gasteiger partial charge < -0.3 is 15.5 Å². The van der Waals surface area contributed by atoms with Gasteiger partial charge in [0.1, 0.15) is 0 Å². The van der Waals surface area contributed by atoms with Crippen molar-refractivity contribution in [1.29, 1.82) is 0 Å². The minimum Gasteiger partial charge on any atom is -0.394 e. The van der Waals surface area contributed by atoms with Crippen molar-refractivity contribution < 1.29 is 15.0 Å². The third-order valence-corrected chi connectivity index (χ3v) is 15.1.